The third-order valence-corrected chi connectivity index (χ3v) is 6.12. The Labute approximate surface area is 176 Å². The highest BCUT2D eigenvalue weighted by molar-refractivity contribution is 6.07. The average Bonchev–Trinajstić information content (AvgIpc) is 3.33. The van der Waals surface area contributed by atoms with Crippen LogP contribution >= 0.6 is 0 Å². The van der Waals surface area contributed by atoms with E-state index in [0.29, 0.717) is 12.8 Å². The van der Waals surface area contributed by atoms with Crippen LogP contribution in [0.5, 0.6) is 0 Å². The number of hydrogen-bond acceptors (Lipinski definition) is 4. The molecule has 2 aliphatic rings. The molecule has 1 aliphatic carbocycles. The predicted molar refractivity (Wildman–Crippen MR) is 111 cm³/mol. The van der Waals surface area contributed by atoms with Crippen LogP contribution in [0, 0.1) is 0 Å². The van der Waals surface area contributed by atoms with Gasteiger partial charge in [-0.25, -0.2) is 4.79 Å². The van der Waals surface area contributed by atoms with E-state index in [1.165, 1.54) is 4.90 Å². The number of carbonyl (C=O) groups is 3. The molecule has 2 aromatic rings. The van der Waals surface area contributed by atoms with E-state index in [2.05, 4.69) is 10.3 Å². The molecule has 7 nitrogen and oxygen atoms in total. The van der Waals surface area contributed by atoms with Crippen LogP contribution in [0.15, 0.2) is 54.7 Å². The molecule has 1 unspecified atom stereocenters. The fraction of sp³-hybridized carbons (Fsp3) is 0.391. The number of urea groups is 1. The summed E-state index contributed by atoms with van der Waals surface area (Å²) in [7, 11) is 1.74. The largest absolute Gasteiger partial charge is 0.333 e. The van der Waals surface area contributed by atoms with Crippen molar-refractivity contribution in [1.82, 2.24) is 20.1 Å². The molecule has 30 heavy (non-hydrogen) atoms. The normalized spacial score (nSPS) is 18.5. The summed E-state index contributed by atoms with van der Waals surface area (Å²) in [6, 6.07) is 14.6. The van der Waals surface area contributed by atoms with Gasteiger partial charge in [-0.05, 0) is 30.5 Å². The van der Waals surface area contributed by atoms with Crippen LogP contribution < -0.4 is 5.32 Å². The Morgan fingerprint density at radius 1 is 1.13 bits per heavy atom. The Hall–Kier alpha value is -3.22. The minimum absolute atomic E-state index is 0.0713. The molecular weight excluding hydrogens is 380 g/mol. The van der Waals surface area contributed by atoms with E-state index >= 15 is 0 Å². The predicted octanol–water partition coefficient (Wildman–Crippen LogP) is 2.88. The first-order valence-electron chi connectivity index (χ1n) is 10.4. The van der Waals surface area contributed by atoms with Gasteiger partial charge in [-0.3, -0.25) is 19.5 Å². The van der Waals surface area contributed by atoms with E-state index in [9.17, 15) is 14.4 Å². The van der Waals surface area contributed by atoms with Crippen molar-refractivity contribution in [2.45, 2.75) is 43.7 Å². The lowest BCUT2D eigenvalue weighted by Crippen LogP contribution is -2.44. The van der Waals surface area contributed by atoms with E-state index in [-0.39, 0.29) is 36.9 Å². The van der Waals surface area contributed by atoms with Crippen LogP contribution in [0.2, 0.25) is 0 Å². The molecule has 2 fully saturated rings. The quantitative estimate of drug-likeness (QED) is 0.748. The lowest BCUT2D eigenvalue weighted by molar-refractivity contribution is -0.133. The Balaban J connectivity index is 1.48. The van der Waals surface area contributed by atoms with Gasteiger partial charge in [-0.1, -0.05) is 49.2 Å². The summed E-state index contributed by atoms with van der Waals surface area (Å²) in [4.78, 5) is 45.5. The van der Waals surface area contributed by atoms with Crippen molar-refractivity contribution < 1.29 is 14.4 Å². The Kier molecular flexibility index (Phi) is 5.53. The molecule has 1 aliphatic heterocycles. The number of pyridine rings is 1. The highest BCUT2D eigenvalue weighted by Crippen LogP contribution is 2.35. The number of imide groups is 1. The molecule has 4 rings (SSSR count). The maximum atomic E-state index is 13.0. The fourth-order valence-electron chi connectivity index (χ4n) is 4.49. The summed E-state index contributed by atoms with van der Waals surface area (Å²) in [5, 5.41) is 2.86. The number of nitrogens with one attached hydrogen (secondary N) is 1. The van der Waals surface area contributed by atoms with Crippen LogP contribution in [0.3, 0.4) is 0 Å². The van der Waals surface area contributed by atoms with Gasteiger partial charge >= 0.3 is 6.03 Å². The third-order valence-electron chi connectivity index (χ3n) is 6.12. The van der Waals surface area contributed by atoms with E-state index in [1.54, 1.807) is 18.1 Å². The molecule has 2 heterocycles. The van der Waals surface area contributed by atoms with Crippen LogP contribution in [-0.2, 0) is 9.59 Å². The first-order chi connectivity index (χ1) is 14.5. The number of carbonyl (C=O) groups excluding carboxylic acids is 3. The van der Waals surface area contributed by atoms with Crippen molar-refractivity contribution in [2.24, 2.45) is 0 Å². The van der Waals surface area contributed by atoms with Gasteiger partial charge in [0.1, 0.15) is 5.54 Å². The number of aromatic nitrogens is 1. The van der Waals surface area contributed by atoms with Crippen molar-refractivity contribution >= 4 is 17.8 Å². The Bertz CT molecular complexity index is 886. The van der Waals surface area contributed by atoms with E-state index in [4.69, 9.17) is 0 Å². The van der Waals surface area contributed by atoms with Gasteiger partial charge in [0.15, 0.2) is 0 Å². The zero-order valence-electron chi connectivity index (χ0n) is 17.1. The molecule has 1 saturated heterocycles. The van der Waals surface area contributed by atoms with Gasteiger partial charge in [0.2, 0.25) is 5.91 Å². The van der Waals surface area contributed by atoms with Gasteiger partial charge in [0, 0.05) is 26.2 Å². The summed E-state index contributed by atoms with van der Waals surface area (Å²) in [5.74, 6) is -0.340. The van der Waals surface area contributed by atoms with Gasteiger partial charge in [-0.15, -0.1) is 0 Å². The van der Waals surface area contributed by atoms with Gasteiger partial charge in [-0.2, -0.15) is 0 Å². The molecule has 156 valence electrons. The Morgan fingerprint density at radius 2 is 1.83 bits per heavy atom. The monoisotopic (exact) mass is 406 g/mol. The van der Waals surface area contributed by atoms with Crippen molar-refractivity contribution in [2.75, 3.05) is 13.6 Å². The first-order valence-corrected chi connectivity index (χ1v) is 10.4. The summed E-state index contributed by atoms with van der Waals surface area (Å²) in [6.45, 7) is 0.0827. The standard InChI is InChI=1S/C23H26N4O3/c1-26(20(17-9-3-2-4-10-17)18-11-5-8-15-24-18)19(28)12-16-27-21(29)23(25-22(27)30)13-6-7-14-23/h2-5,8-11,15,20H,6-7,12-14,16H2,1H3,(H,25,30). The second kappa shape index (κ2) is 8.26. The van der Waals surface area contributed by atoms with Crippen molar-refractivity contribution in [3.63, 3.8) is 0 Å². The highest BCUT2D eigenvalue weighted by atomic mass is 16.2. The lowest BCUT2D eigenvalue weighted by Gasteiger charge is -2.29. The van der Waals surface area contributed by atoms with Crippen LogP contribution in [0.25, 0.3) is 0 Å². The van der Waals surface area contributed by atoms with Crippen molar-refractivity contribution in [3.8, 4) is 0 Å². The number of benzene rings is 1. The molecule has 1 aromatic carbocycles. The molecule has 0 bridgehead atoms. The van der Waals surface area contributed by atoms with Gasteiger partial charge in [0.05, 0.1) is 11.7 Å². The molecule has 1 aromatic heterocycles. The second-order valence-electron chi connectivity index (χ2n) is 8.00. The fourth-order valence-corrected chi connectivity index (χ4v) is 4.49. The van der Waals surface area contributed by atoms with Gasteiger partial charge < -0.3 is 10.2 Å². The maximum Gasteiger partial charge on any atom is 0.325 e. The molecule has 1 atom stereocenters. The van der Waals surface area contributed by atoms with Crippen LogP contribution in [0.1, 0.15) is 49.4 Å². The summed E-state index contributed by atoms with van der Waals surface area (Å²) < 4.78 is 0. The molecule has 4 amide bonds. The summed E-state index contributed by atoms with van der Waals surface area (Å²) in [6.07, 6.45) is 5.00. The molecule has 1 N–H and O–H groups in total. The number of nitrogens with zero attached hydrogens (tertiary/aromatic N) is 3. The zero-order valence-corrected chi connectivity index (χ0v) is 17.1. The average molecular weight is 406 g/mol. The summed E-state index contributed by atoms with van der Waals surface area (Å²) in [5.41, 5.74) is 0.971. The maximum absolute atomic E-state index is 13.0. The van der Waals surface area contributed by atoms with Crippen LogP contribution in [0.4, 0.5) is 4.79 Å². The van der Waals surface area contributed by atoms with Crippen molar-refractivity contribution in [3.05, 3.63) is 66.0 Å². The first kappa shape index (κ1) is 20.1. The molecule has 1 spiro atoms. The second-order valence-corrected chi connectivity index (χ2v) is 8.00. The van der Waals surface area contributed by atoms with E-state index < -0.39 is 5.54 Å². The number of hydrogen-bond donors (Lipinski definition) is 1. The Morgan fingerprint density at radius 3 is 2.50 bits per heavy atom. The smallest absolute Gasteiger partial charge is 0.325 e. The third kappa shape index (κ3) is 3.67. The van der Waals surface area contributed by atoms with E-state index in [1.807, 2.05) is 48.5 Å². The molecule has 0 radical (unpaired) electrons. The molecular formula is C23H26N4O3. The lowest BCUT2D eigenvalue weighted by atomic mass is 9.98. The van der Waals surface area contributed by atoms with Gasteiger partial charge in [0.25, 0.3) is 5.91 Å². The highest BCUT2D eigenvalue weighted by Gasteiger charge is 2.52. The minimum Gasteiger partial charge on any atom is -0.333 e. The topological polar surface area (TPSA) is 82.6 Å². The SMILES string of the molecule is CN(C(=O)CCN1C(=O)NC2(CCCC2)C1=O)C(c1ccccc1)c1ccccn1. The van der Waals surface area contributed by atoms with Crippen molar-refractivity contribution in [1.29, 1.82) is 0 Å². The minimum atomic E-state index is -0.743. The van der Waals surface area contributed by atoms with E-state index in [0.717, 1.165) is 24.1 Å². The number of amides is 4. The zero-order chi connectivity index (χ0) is 21.1. The number of rotatable bonds is 6. The molecule has 1 saturated carbocycles. The summed E-state index contributed by atoms with van der Waals surface area (Å²) >= 11 is 0. The van der Waals surface area contributed by atoms with Crippen LogP contribution in [-0.4, -0.2) is 51.8 Å². The molecule has 7 heteroatoms.